The van der Waals surface area contributed by atoms with Crippen LogP contribution in [0.15, 0.2) is 45.7 Å². The highest BCUT2D eigenvalue weighted by Crippen LogP contribution is 2.24. The Morgan fingerprint density at radius 2 is 1.79 bits per heavy atom. The van der Waals surface area contributed by atoms with Crippen LogP contribution in [0.2, 0.25) is 0 Å². The monoisotopic (exact) mass is 428 g/mol. The number of benzene rings is 1. The predicted octanol–water partition coefficient (Wildman–Crippen LogP) is 2.39. The van der Waals surface area contributed by atoms with E-state index in [1.165, 1.54) is 12.1 Å². The minimum atomic E-state index is -4.69. The van der Waals surface area contributed by atoms with Gasteiger partial charge in [0, 0.05) is 25.2 Å². The number of sulfone groups is 1. The summed E-state index contributed by atoms with van der Waals surface area (Å²) in [4.78, 5) is 14.1. The largest absolute Gasteiger partial charge is 0.465 e. The van der Waals surface area contributed by atoms with Gasteiger partial charge >= 0.3 is 5.76 Å². The van der Waals surface area contributed by atoms with Gasteiger partial charge in [0.15, 0.2) is 0 Å². The molecular formula is C19H22F2N2O5S. The van der Waals surface area contributed by atoms with Gasteiger partial charge in [0.25, 0.3) is 5.91 Å². The number of aryl methyl sites for hydroxylation is 1. The number of ether oxygens (including phenoxy) is 1. The molecule has 2 heterocycles. The average molecular weight is 428 g/mol. The molecule has 1 aliphatic heterocycles. The molecule has 2 aromatic rings. The van der Waals surface area contributed by atoms with E-state index in [-0.39, 0.29) is 18.2 Å². The minimum absolute atomic E-state index is 0.176. The fraction of sp³-hybridized carbons (Fsp3) is 0.421. The molecule has 1 amide bonds. The number of carbonyl (C=O) groups excluding carboxylic acids is 1. The van der Waals surface area contributed by atoms with Crippen molar-refractivity contribution in [2.24, 2.45) is 0 Å². The van der Waals surface area contributed by atoms with Crippen LogP contribution in [0, 0.1) is 6.92 Å². The molecule has 1 saturated heterocycles. The van der Waals surface area contributed by atoms with Gasteiger partial charge in [-0.05, 0) is 43.3 Å². The fourth-order valence-corrected chi connectivity index (χ4v) is 3.84. The zero-order valence-electron chi connectivity index (χ0n) is 15.8. The Balaban J connectivity index is 1.70. The molecule has 29 heavy (non-hydrogen) atoms. The number of hydrogen-bond acceptors (Lipinski definition) is 6. The summed E-state index contributed by atoms with van der Waals surface area (Å²) in [6.45, 7) is 4.67. The van der Waals surface area contributed by atoms with E-state index in [9.17, 15) is 22.0 Å². The Kier molecular flexibility index (Phi) is 6.66. The molecular weight excluding hydrogens is 406 g/mol. The molecule has 0 aliphatic carbocycles. The van der Waals surface area contributed by atoms with Crippen LogP contribution in [0.3, 0.4) is 0 Å². The summed E-state index contributed by atoms with van der Waals surface area (Å²) in [5, 5.41) is 2.81. The van der Waals surface area contributed by atoms with Crippen molar-refractivity contribution in [3.63, 3.8) is 0 Å². The first-order chi connectivity index (χ1) is 13.8. The number of nitrogens with one attached hydrogen (secondary N) is 1. The number of amides is 1. The zero-order chi connectivity index (χ0) is 21.0. The maximum Gasteiger partial charge on any atom is 0.341 e. The molecule has 1 unspecified atom stereocenters. The molecule has 3 rings (SSSR count). The lowest BCUT2D eigenvalue weighted by atomic mass is 10.1. The van der Waals surface area contributed by atoms with Crippen molar-refractivity contribution in [2.45, 2.75) is 23.6 Å². The van der Waals surface area contributed by atoms with Gasteiger partial charge in [0.05, 0.1) is 24.2 Å². The number of morpholine rings is 1. The first-order valence-corrected chi connectivity index (χ1v) is 10.6. The van der Waals surface area contributed by atoms with Crippen LogP contribution >= 0.6 is 0 Å². The third-order valence-electron chi connectivity index (χ3n) is 4.71. The quantitative estimate of drug-likeness (QED) is 0.729. The molecule has 7 nitrogen and oxygen atoms in total. The van der Waals surface area contributed by atoms with E-state index in [0.717, 1.165) is 23.7 Å². The fourth-order valence-electron chi connectivity index (χ4n) is 3.12. The first-order valence-electron chi connectivity index (χ1n) is 9.07. The summed E-state index contributed by atoms with van der Waals surface area (Å²) in [6, 6.07) is 7.97. The lowest BCUT2D eigenvalue weighted by Gasteiger charge is -2.33. The minimum Gasteiger partial charge on any atom is -0.465 e. The number of hydrogen-bond donors (Lipinski definition) is 1. The Bertz CT molecular complexity index is 938. The smallest absolute Gasteiger partial charge is 0.341 e. The van der Waals surface area contributed by atoms with Crippen LogP contribution in [-0.4, -0.2) is 57.8 Å². The molecule has 0 radical (unpaired) electrons. The summed E-state index contributed by atoms with van der Waals surface area (Å²) >= 11 is 0. The van der Waals surface area contributed by atoms with Gasteiger partial charge in [0.2, 0.25) is 9.84 Å². The summed E-state index contributed by atoms with van der Waals surface area (Å²) in [5.74, 6) is -2.45. The van der Waals surface area contributed by atoms with E-state index in [1.807, 2.05) is 19.1 Å². The first kappa shape index (κ1) is 21.4. The molecule has 1 N–H and O–H groups in total. The standard InChI is InChI=1S/C19H22F2N2O5S/c1-13-2-7-17(28-13)16(23-8-10-27-11-9-23)12-22-18(24)14-3-5-15(6-4-14)29(25,26)19(20)21/h2-7,16,19H,8-12H2,1H3,(H,22,24). The van der Waals surface area contributed by atoms with E-state index >= 15 is 0 Å². The van der Waals surface area contributed by atoms with Gasteiger partial charge in [0.1, 0.15) is 11.5 Å². The number of alkyl halides is 2. The highest BCUT2D eigenvalue weighted by atomic mass is 32.2. The number of furan rings is 1. The van der Waals surface area contributed by atoms with Crippen molar-refractivity contribution in [1.29, 1.82) is 0 Å². The van der Waals surface area contributed by atoms with Gasteiger partial charge in [-0.3, -0.25) is 9.69 Å². The predicted molar refractivity (Wildman–Crippen MR) is 101 cm³/mol. The van der Waals surface area contributed by atoms with E-state index in [0.29, 0.717) is 26.3 Å². The van der Waals surface area contributed by atoms with Crippen molar-refractivity contribution < 1.29 is 31.1 Å². The molecule has 0 bridgehead atoms. The van der Waals surface area contributed by atoms with Crippen molar-refractivity contribution in [2.75, 3.05) is 32.8 Å². The highest BCUT2D eigenvalue weighted by molar-refractivity contribution is 7.91. The summed E-state index contributed by atoms with van der Waals surface area (Å²) in [6.07, 6.45) is 0. The number of carbonyl (C=O) groups is 1. The SMILES string of the molecule is Cc1ccc(C(CNC(=O)c2ccc(S(=O)(=O)C(F)F)cc2)N2CCOCC2)o1. The van der Waals surface area contributed by atoms with Crippen LogP contribution in [-0.2, 0) is 14.6 Å². The van der Waals surface area contributed by atoms with Gasteiger partial charge in [-0.15, -0.1) is 0 Å². The number of halogens is 2. The van der Waals surface area contributed by atoms with Crippen LogP contribution < -0.4 is 5.32 Å². The van der Waals surface area contributed by atoms with Crippen LogP contribution in [0.5, 0.6) is 0 Å². The molecule has 1 aromatic carbocycles. The second kappa shape index (κ2) is 9.02. The normalized spacial score (nSPS) is 16.7. The second-order valence-corrected chi connectivity index (χ2v) is 8.57. The van der Waals surface area contributed by atoms with Crippen LogP contribution in [0.25, 0.3) is 0 Å². The van der Waals surface area contributed by atoms with Crippen molar-refractivity contribution >= 4 is 15.7 Å². The molecule has 1 aromatic heterocycles. The summed E-state index contributed by atoms with van der Waals surface area (Å²) in [7, 11) is -4.69. The molecule has 1 aliphatic rings. The molecule has 10 heteroatoms. The van der Waals surface area contributed by atoms with Gasteiger partial charge in [-0.1, -0.05) is 0 Å². The molecule has 1 atom stereocenters. The van der Waals surface area contributed by atoms with Gasteiger partial charge < -0.3 is 14.5 Å². The third kappa shape index (κ3) is 5.01. The number of rotatable bonds is 7. The number of nitrogens with zero attached hydrogens (tertiary/aromatic N) is 1. The Hall–Kier alpha value is -2.30. The molecule has 158 valence electrons. The van der Waals surface area contributed by atoms with Crippen molar-refractivity contribution in [1.82, 2.24) is 10.2 Å². The summed E-state index contributed by atoms with van der Waals surface area (Å²) in [5.41, 5.74) is 0.176. The summed E-state index contributed by atoms with van der Waals surface area (Å²) < 4.78 is 59.3. The van der Waals surface area contributed by atoms with Gasteiger partial charge in [-0.2, -0.15) is 8.78 Å². The lowest BCUT2D eigenvalue weighted by molar-refractivity contribution is 0.0117. The second-order valence-electron chi connectivity index (χ2n) is 6.65. The Morgan fingerprint density at radius 3 is 2.34 bits per heavy atom. The average Bonchev–Trinajstić information content (AvgIpc) is 3.14. The maximum atomic E-state index is 12.6. The van der Waals surface area contributed by atoms with Crippen LogP contribution in [0.4, 0.5) is 8.78 Å². The topological polar surface area (TPSA) is 88.9 Å². The van der Waals surface area contributed by atoms with E-state index in [1.54, 1.807) is 0 Å². The van der Waals surface area contributed by atoms with E-state index in [2.05, 4.69) is 10.2 Å². The zero-order valence-corrected chi connectivity index (χ0v) is 16.6. The third-order valence-corrected chi connectivity index (χ3v) is 6.11. The Labute approximate surface area is 167 Å². The van der Waals surface area contributed by atoms with Gasteiger partial charge in [-0.25, -0.2) is 8.42 Å². The van der Waals surface area contributed by atoms with E-state index in [4.69, 9.17) is 9.15 Å². The Morgan fingerprint density at radius 1 is 1.14 bits per heavy atom. The molecule has 0 saturated carbocycles. The van der Waals surface area contributed by atoms with Crippen molar-refractivity contribution in [3.05, 3.63) is 53.5 Å². The van der Waals surface area contributed by atoms with Crippen molar-refractivity contribution in [3.8, 4) is 0 Å². The van der Waals surface area contributed by atoms with E-state index < -0.39 is 26.4 Å². The van der Waals surface area contributed by atoms with Crippen LogP contribution in [0.1, 0.15) is 27.9 Å². The lowest BCUT2D eigenvalue weighted by Crippen LogP contribution is -2.43. The molecule has 1 fully saturated rings. The highest BCUT2D eigenvalue weighted by Gasteiger charge is 2.27. The molecule has 0 spiro atoms. The maximum absolute atomic E-state index is 12.6.